The van der Waals surface area contributed by atoms with Gasteiger partial charge in [0.05, 0.1) is 0 Å². The Morgan fingerprint density at radius 2 is 2.27 bits per heavy atom. The minimum Gasteiger partial charge on any atom is -0.316 e. The van der Waals surface area contributed by atoms with Crippen LogP contribution < -0.4 is 16.6 Å². The van der Waals surface area contributed by atoms with Gasteiger partial charge in [-0.15, -0.1) is 0 Å². The molecule has 0 spiro atoms. The second kappa shape index (κ2) is 4.02. The van der Waals surface area contributed by atoms with Crippen LogP contribution in [-0.4, -0.2) is 22.6 Å². The molecule has 0 saturated carbocycles. The van der Waals surface area contributed by atoms with Gasteiger partial charge in [0.2, 0.25) is 0 Å². The van der Waals surface area contributed by atoms with Crippen LogP contribution in [0.5, 0.6) is 0 Å². The first-order valence-electron chi connectivity index (χ1n) is 5.19. The molecule has 1 aliphatic rings. The zero-order chi connectivity index (χ0) is 10.8. The fourth-order valence-corrected chi connectivity index (χ4v) is 1.99. The highest BCUT2D eigenvalue weighted by Gasteiger charge is 2.18. The number of hydrogen-bond acceptors (Lipinski definition) is 3. The van der Waals surface area contributed by atoms with Gasteiger partial charge >= 0.3 is 5.69 Å². The Balaban J connectivity index is 2.39. The highest BCUT2D eigenvalue weighted by molar-refractivity contribution is 5.12. The number of hydrogen-bond donors (Lipinski definition) is 2. The fourth-order valence-electron chi connectivity index (χ4n) is 1.99. The molecule has 5 heteroatoms. The van der Waals surface area contributed by atoms with Gasteiger partial charge in [0.1, 0.15) is 0 Å². The predicted molar refractivity (Wildman–Crippen MR) is 57.1 cm³/mol. The summed E-state index contributed by atoms with van der Waals surface area (Å²) in [5.41, 5.74) is 0.114. The second-order valence-electron chi connectivity index (χ2n) is 4.00. The topological polar surface area (TPSA) is 66.9 Å². The number of piperidine rings is 1. The van der Waals surface area contributed by atoms with E-state index in [9.17, 15) is 9.59 Å². The Morgan fingerprint density at radius 1 is 1.47 bits per heavy atom. The first kappa shape index (κ1) is 10.2. The van der Waals surface area contributed by atoms with Crippen LogP contribution in [0.4, 0.5) is 0 Å². The van der Waals surface area contributed by atoms with E-state index >= 15 is 0 Å². The fraction of sp³-hybridized carbons (Fsp3) is 0.600. The van der Waals surface area contributed by atoms with Crippen LogP contribution in [-0.2, 0) is 7.05 Å². The second-order valence-corrected chi connectivity index (χ2v) is 4.00. The molecule has 1 aromatic heterocycles. The quantitative estimate of drug-likeness (QED) is 0.657. The molecule has 0 amide bonds. The minimum atomic E-state index is -0.354. The van der Waals surface area contributed by atoms with E-state index < -0.39 is 0 Å². The summed E-state index contributed by atoms with van der Waals surface area (Å²) in [5.74, 6) is 0.231. The van der Waals surface area contributed by atoms with Crippen molar-refractivity contribution in [3.63, 3.8) is 0 Å². The molecule has 1 aliphatic heterocycles. The van der Waals surface area contributed by atoms with Gasteiger partial charge in [-0.1, -0.05) is 0 Å². The van der Waals surface area contributed by atoms with Crippen LogP contribution in [0.25, 0.3) is 0 Å². The molecule has 15 heavy (non-hydrogen) atoms. The number of aromatic amines is 1. The van der Waals surface area contributed by atoms with Gasteiger partial charge in [-0.2, -0.15) is 0 Å². The van der Waals surface area contributed by atoms with Crippen molar-refractivity contribution in [1.82, 2.24) is 14.9 Å². The lowest BCUT2D eigenvalue weighted by molar-refractivity contribution is 0.455. The average molecular weight is 209 g/mol. The molecule has 0 aromatic carbocycles. The summed E-state index contributed by atoms with van der Waals surface area (Å²) in [6.07, 6.45) is 3.74. The third kappa shape index (κ3) is 2.02. The third-order valence-corrected chi connectivity index (χ3v) is 2.87. The van der Waals surface area contributed by atoms with Crippen molar-refractivity contribution in [1.29, 1.82) is 0 Å². The lowest BCUT2D eigenvalue weighted by Crippen LogP contribution is -2.36. The monoisotopic (exact) mass is 209 g/mol. The van der Waals surface area contributed by atoms with Gasteiger partial charge in [0.15, 0.2) is 0 Å². The van der Waals surface area contributed by atoms with Crippen molar-refractivity contribution in [3.05, 3.63) is 32.6 Å². The van der Waals surface area contributed by atoms with Gasteiger partial charge in [-0.3, -0.25) is 9.78 Å². The van der Waals surface area contributed by atoms with E-state index in [1.807, 2.05) is 0 Å². The van der Waals surface area contributed by atoms with E-state index in [1.54, 1.807) is 13.2 Å². The lowest BCUT2D eigenvalue weighted by atomic mass is 9.93. The van der Waals surface area contributed by atoms with Crippen molar-refractivity contribution in [2.75, 3.05) is 13.1 Å². The van der Waals surface area contributed by atoms with Gasteiger partial charge in [0.25, 0.3) is 5.56 Å². The Morgan fingerprint density at radius 3 is 2.93 bits per heavy atom. The standard InChI is InChI=1S/C10H15N3O2/c1-13-6-8(9(14)12-10(13)15)7-3-2-4-11-5-7/h6-7,11H,2-5H2,1H3,(H,12,14,15). The van der Waals surface area contributed by atoms with E-state index in [0.29, 0.717) is 5.56 Å². The van der Waals surface area contributed by atoms with Gasteiger partial charge in [-0.05, 0) is 19.4 Å². The largest absolute Gasteiger partial charge is 0.328 e. The number of H-pyrrole nitrogens is 1. The summed E-state index contributed by atoms with van der Waals surface area (Å²) >= 11 is 0. The van der Waals surface area contributed by atoms with E-state index in [1.165, 1.54) is 4.57 Å². The molecule has 1 aromatic rings. The SMILES string of the molecule is Cn1cc(C2CCCNC2)c(=O)[nH]c1=O. The summed E-state index contributed by atoms with van der Waals surface area (Å²) in [4.78, 5) is 25.1. The van der Waals surface area contributed by atoms with E-state index in [4.69, 9.17) is 0 Å². The van der Waals surface area contributed by atoms with Crippen LogP contribution in [0.15, 0.2) is 15.8 Å². The van der Waals surface area contributed by atoms with E-state index in [2.05, 4.69) is 10.3 Å². The summed E-state index contributed by atoms with van der Waals surface area (Å²) < 4.78 is 1.42. The van der Waals surface area contributed by atoms with Crippen molar-refractivity contribution in [2.45, 2.75) is 18.8 Å². The minimum absolute atomic E-state index is 0.231. The number of aryl methyl sites for hydroxylation is 1. The highest BCUT2D eigenvalue weighted by Crippen LogP contribution is 2.18. The number of nitrogens with zero attached hydrogens (tertiary/aromatic N) is 1. The van der Waals surface area contributed by atoms with Crippen LogP contribution >= 0.6 is 0 Å². The highest BCUT2D eigenvalue weighted by atomic mass is 16.2. The van der Waals surface area contributed by atoms with Crippen LogP contribution in [0.2, 0.25) is 0 Å². The molecule has 0 radical (unpaired) electrons. The van der Waals surface area contributed by atoms with Crippen molar-refractivity contribution in [3.8, 4) is 0 Å². The molecule has 1 unspecified atom stereocenters. The molecule has 1 atom stereocenters. The molecule has 0 aliphatic carbocycles. The van der Waals surface area contributed by atoms with Gasteiger partial charge in [-0.25, -0.2) is 4.79 Å². The zero-order valence-electron chi connectivity index (χ0n) is 8.75. The molecular weight excluding hydrogens is 194 g/mol. The molecular formula is C10H15N3O2. The predicted octanol–water partition coefficient (Wildman–Crippen LogP) is -0.459. The molecule has 82 valence electrons. The third-order valence-electron chi connectivity index (χ3n) is 2.87. The number of nitrogens with one attached hydrogen (secondary N) is 2. The molecule has 2 N–H and O–H groups in total. The van der Waals surface area contributed by atoms with Crippen molar-refractivity contribution < 1.29 is 0 Å². The summed E-state index contributed by atoms with van der Waals surface area (Å²) in [6.45, 7) is 1.83. The Hall–Kier alpha value is -1.36. The van der Waals surface area contributed by atoms with E-state index in [-0.39, 0.29) is 17.2 Å². The molecule has 2 rings (SSSR count). The normalized spacial score (nSPS) is 21.5. The number of rotatable bonds is 1. The average Bonchev–Trinajstić information content (AvgIpc) is 2.25. The number of aromatic nitrogens is 2. The molecule has 2 heterocycles. The van der Waals surface area contributed by atoms with Crippen LogP contribution in [0, 0.1) is 0 Å². The van der Waals surface area contributed by atoms with Crippen LogP contribution in [0.3, 0.4) is 0 Å². The molecule has 1 fully saturated rings. The first-order valence-corrected chi connectivity index (χ1v) is 5.19. The maximum atomic E-state index is 11.6. The van der Waals surface area contributed by atoms with Crippen molar-refractivity contribution >= 4 is 0 Å². The Bertz CT molecular complexity index is 454. The Labute approximate surface area is 87.1 Å². The summed E-state index contributed by atoms with van der Waals surface area (Å²) in [7, 11) is 1.65. The van der Waals surface area contributed by atoms with Crippen LogP contribution in [0.1, 0.15) is 24.3 Å². The summed E-state index contributed by atoms with van der Waals surface area (Å²) in [6, 6.07) is 0. The van der Waals surface area contributed by atoms with Gasteiger partial charge < -0.3 is 9.88 Å². The zero-order valence-corrected chi connectivity index (χ0v) is 8.75. The molecule has 0 bridgehead atoms. The molecule has 5 nitrogen and oxygen atoms in total. The smallest absolute Gasteiger partial charge is 0.316 e. The maximum Gasteiger partial charge on any atom is 0.328 e. The lowest BCUT2D eigenvalue weighted by Gasteiger charge is -2.22. The van der Waals surface area contributed by atoms with Crippen molar-refractivity contribution in [2.24, 2.45) is 7.05 Å². The van der Waals surface area contributed by atoms with E-state index in [0.717, 1.165) is 25.9 Å². The molecule has 1 saturated heterocycles. The first-order chi connectivity index (χ1) is 7.18. The Kier molecular flexibility index (Phi) is 2.73. The maximum absolute atomic E-state index is 11.6. The summed E-state index contributed by atoms with van der Waals surface area (Å²) in [5, 5.41) is 3.25. The van der Waals surface area contributed by atoms with Gasteiger partial charge in [0, 0.05) is 31.3 Å².